The van der Waals surface area contributed by atoms with Crippen molar-refractivity contribution >= 4 is 39.3 Å². The van der Waals surface area contributed by atoms with E-state index >= 15 is 0 Å². The molecule has 0 radical (unpaired) electrons. The third-order valence-electron chi connectivity index (χ3n) is 6.08. The summed E-state index contributed by atoms with van der Waals surface area (Å²) >= 11 is 4.53. The molecule has 0 spiro atoms. The minimum absolute atomic E-state index is 0.166. The Bertz CT molecular complexity index is 1780. The van der Waals surface area contributed by atoms with Crippen molar-refractivity contribution in [2.24, 2.45) is 4.99 Å². The van der Waals surface area contributed by atoms with Gasteiger partial charge in [-0.25, -0.2) is 9.79 Å². The molecule has 1 aliphatic heterocycles. The molecule has 1 atom stereocenters. The number of carbonyl (C=O) groups excluding carboxylic acids is 1. The summed E-state index contributed by atoms with van der Waals surface area (Å²) in [5.74, 6) is -0.0415. The molecule has 0 saturated heterocycles. The highest BCUT2D eigenvalue weighted by atomic mass is 79.9. The monoisotopic (exact) mass is 616 g/mol. The van der Waals surface area contributed by atoms with E-state index in [1.54, 1.807) is 26.0 Å². The van der Waals surface area contributed by atoms with Gasteiger partial charge in [0.15, 0.2) is 4.80 Å². The molecule has 39 heavy (non-hydrogen) atoms. The zero-order chi connectivity index (χ0) is 27.9. The molecule has 0 N–H and O–H groups in total. The van der Waals surface area contributed by atoms with Crippen LogP contribution in [0, 0.1) is 0 Å². The van der Waals surface area contributed by atoms with Gasteiger partial charge in [-0.2, -0.15) is 13.2 Å². The molecule has 0 amide bonds. The molecule has 3 heterocycles. The summed E-state index contributed by atoms with van der Waals surface area (Å²) in [6.07, 6.45) is -2.96. The number of furan rings is 1. The minimum Gasteiger partial charge on any atom is -0.463 e. The molecule has 1 aliphatic rings. The molecule has 2 aromatic heterocycles. The first-order chi connectivity index (χ1) is 18.6. The van der Waals surface area contributed by atoms with E-state index in [1.165, 1.54) is 22.8 Å². The van der Waals surface area contributed by atoms with Crippen LogP contribution in [0.5, 0.6) is 0 Å². The number of benzene rings is 2. The molecule has 6 nitrogen and oxygen atoms in total. The smallest absolute Gasteiger partial charge is 0.416 e. The van der Waals surface area contributed by atoms with E-state index in [2.05, 4.69) is 20.9 Å². The van der Waals surface area contributed by atoms with Crippen LogP contribution in [-0.4, -0.2) is 17.1 Å². The van der Waals surface area contributed by atoms with E-state index < -0.39 is 29.3 Å². The topological polar surface area (TPSA) is 73.8 Å². The first-order valence-corrected chi connectivity index (χ1v) is 13.4. The van der Waals surface area contributed by atoms with Crippen molar-refractivity contribution < 1.29 is 27.1 Å². The Hall–Kier alpha value is -3.70. The number of allylic oxidation sites excluding steroid dienone is 1. The third kappa shape index (κ3) is 5.28. The summed E-state index contributed by atoms with van der Waals surface area (Å²) in [6.45, 7) is 3.57. The maximum absolute atomic E-state index is 13.7. The van der Waals surface area contributed by atoms with Crippen LogP contribution in [0.15, 0.2) is 90.6 Å². The summed E-state index contributed by atoms with van der Waals surface area (Å²) < 4.78 is 53.1. The highest BCUT2D eigenvalue weighted by molar-refractivity contribution is 9.10. The lowest BCUT2D eigenvalue weighted by atomic mass is 9.96. The first-order valence-electron chi connectivity index (χ1n) is 11.8. The zero-order valence-corrected chi connectivity index (χ0v) is 23.0. The number of carbonyl (C=O) groups is 1. The molecule has 0 fully saturated rings. The fourth-order valence-corrected chi connectivity index (χ4v) is 5.61. The van der Waals surface area contributed by atoms with Crippen LogP contribution in [-0.2, 0) is 15.7 Å². The van der Waals surface area contributed by atoms with Gasteiger partial charge < -0.3 is 9.15 Å². The van der Waals surface area contributed by atoms with Gasteiger partial charge in [-0.3, -0.25) is 9.36 Å². The maximum Gasteiger partial charge on any atom is 0.416 e. The van der Waals surface area contributed by atoms with Crippen LogP contribution in [0.4, 0.5) is 13.2 Å². The standard InChI is InChI=1S/C28H20BrF3N2O4S/c1-3-37-26(36)23-15(2)33-27-34(24(23)16-7-9-19(29)10-8-16)25(35)22(39-27)14-20-11-12-21(38-20)17-5-4-6-18(13-17)28(30,31)32/h4-14,24H,3H2,1-2H3/b22-14+/t24-/m0/s1. The summed E-state index contributed by atoms with van der Waals surface area (Å²) in [5.41, 5.74) is 0.496. The highest BCUT2D eigenvalue weighted by Gasteiger charge is 2.33. The predicted molar refractivity (Wildman–Crippen MR) is 144 cm³/mol. The molecule has 4 aromatic rings. The van der Waals surface area contributed by atoms with E-state index in [0.29, 0.717) is 20.6 Å². The Balaban J connectivity index is 1.60. The minimum atomic E-state index is -4.48. The predicted octanol–water partition coefficient (Wildman–Crippen LogP) is 5.84. The van der Waals surface area contributed by atoms with Gasteiger partial charge in [-0.15, -0.1) is 0 Å². The lowest BCUT2D eigenvalue weighted by Gasteiger charge is -2.24. The summed E-state index contributed by atoms with van der Waals surface area (Å²) in [5, 5.41) is 0. The number of thiazole rings is 1. The van der Waals surface area contributed by atoms with Crippen LogP contribution in [0.25, 0.3) is 17.4 Å². The van der Waals surface area contributed by atoms with Crippen molar-refractivity contribution in [3.05, 3.63) is 113 Å². The van der Waals surface area contributed by atoms with Crippen LogP contribution in [0.2, 0.25) is 0 Å². The highest BCUT2D eigenvalue weighted by Crippen LogP contribution is 2.33. The second-order valence-corrected chi connectivity index (χ2v) is 10.6. The fraction of sp³-hybridized carbons (Fsp3) is 0.179. The molecule has 0 unspecified atom stereocenters. The van der Waals surface area contributed by atoms with Crippen molar-refractivity contribution in [1.82, 2.24) is 4.57 Å². The molecule has 0 bridgehead atoms. The molecule has 200 valence electrons. The van der Waals surface area contributed by atoms with E-state index in [-0.39, 0.29) is 29.3 Å². The van der Waals surface area contributed by atoms with Gasteiger partial charge >= 0.3 is 12.1 Å². The molecule has 0 aliphatic carbocycles. The zero-order valence-electron chi connectivity index (χ0n) is 20.6. The van der Waals surface area contributed by atoms with E-state index in [1.807, 2.05) is 24.3 Å². The maximum atomic E-state index is 13.7. The summed E-state index contributed by atoms with van der Waals surface area (Å²) in [7, 11) is 0. The number of hydrogen-bond donors (Lipinski definition) is 0. The average molecular weight is 617 g/mol. The summed E-state index contributed by atoms with van der Waals surface area (Å²) in [4.78, 5) is 31.5. The average Bonchev–Trinajstić information content (AvgIpc) is 3.48. The number of aromatic nitrogens is 1. The number of alkyl halides is 3. The molecule has 2 aromatic carbocycles. The van der Waals surface area contributed by atoms with Gasteiger partial charge in [0.2, 0.25) is 0 Å². The second-order valence-electron chi connectivity index (χ2n) is 8.63. The molecular formula is C28H20BrF3N2O4S. The number of esters is 1. The Labute approximate surface area is 232 Å². The molecular weight excluding hydrogens is 597 g/mol. The normalized spacial score (nSPS) is 15.7. The van der Waals surface area contributed by atoms with E-state index in [9.17, 15) is 22.8 Å². The fourth-order valence-electron chi connectivity index (χ4n) is 4.32. The Morgan fingerprint density at radius 3 is 2.62 bits per heavy atom. The van der Waals surface area contributed by atoms with Gasteiger partial charge in [0, 0.05) is 16.1 Å². The lowest BCUT2D eigenvalue weighted by Crippen LogP contribution is -2.39. The van der Waals surface area contributed by atoms with E-state index in [0.717, 1.165) is 27.9 Å². The van der Waals surface area contributed by atoms with Crippen LogP contribution in [0.1, 0.15) is 36.8 Å². The Morgan fingerprint density at radius 1 is 1.18 bits per heavy atom. The van der Waals surface area contributed by atoms with Crippen molar-refractivity contribution in [2.75, 3.05) is 6.61 Å². The Kier molecular flexibility index (Phi) is 7.21. The lowest BCUT2D eigenvalue weighted by molar-refractivity contribution is -0.139. The van der Waals surface area contributed by atoms with Crippen molar-refractivity contribution in [2.45, 2.75) is 26.1 Å². The third-order valence-corrected chi connectivity index (χ3v) is 7.59. The van der Waals surface area contributed by atoms with Crippen molar-refractivity contribution in [3.63, 3.8) is 0 Å². The van der Waals surface area contributed by atoms with Gasteiger partial charge in [-0.05, 0) is 55.8 Å². The van der Waals surface area contributed by atoms with E-state index in [4.69, 9.17) is 9.15 Å². The SMILES string of the molecule is CCOC(=O)C1=C(C)N=c2s/c(=C/c3ccc(-c4cccc(C(F)(F)F)c4)o3)c(=O)n2[C@H]1c1ccc(Br)cc1. The Morgan fingerprint density at radius 2 is 1.92 bits per heavy atom. The van der Waals surface area contributed by atoms with Gasteiger partial charge in [0.05, 0.1) is 34.0 Å². The first kappa shape index (κ1) is 26.9. The van der Waals surface area contributed by atoms with Crippen molar-refractivity contribution in [3.8, 4) is 11.3 Å². The molecule has 0 saturated carbocycles. The number of fused-ring (bicyclic) bond motifs is 1. The quantitative estimate of drug-likeness (QED) is 0.264. The van der Waals surface area contributed by atoms with Crippen LogP contribution < -0.4 is 14.9 Å². The summed E-state index contributed by atoms with van der Waals surface area (Å²) in [6, 6.07) is 14.5. The van der Waals surface area contributed by atoms with Gasteiger partial charge in [-0.1, -0.05) is 51.5 Å². The van der Waals surface area contributed by atoms with Crippen molar-refractivity contribution in [1.29, 1.82) is 0 Å². The number of hydrogen-bond acceptors (Lipinski definition) is 6. The van der Waals surface area contributed by atoms with Crippen LogP contribution in [0.3, 0.4) is 0 Å². The molecule has 11 heteroatoms. The van der Waals surface area contributed by atoms with Crippen LogP contribution >= 0.6 is 27.3 Å². The number of rotatable bonds is 5. The largest absolute Gasteiger partial charge is 0.463 e. The van der Waals surface area contributed by atoms with Gasteiger partial charge in [0.25, 0.3) is 5.56 Å². The second kappa shape index (κ2) is 10.5. The van der Waals surface area contributed by atoms with Gasteiger partial charge in [0.1, 0.15) is 11.5 Å². The number of ether oxygens (including phenoxy) is 1. The number of halogens is 4. The molecule has 5 rings (SSSR count). The number of nitrogens with zero attached hydrogens (tertiary/aromatic N) is 2.